The van der Waals surface area contributed by atoms with Crippen molar-refractivity contribution >= 4 is 49.0 Å². The van der Waals surface area contributed by atoms with Gasteiger partial charge in [0.2, 0.25) is 0 Å². The Morgan fingerprint density at radius 3 is 2.50 bits per heavy atom. The maximum Gasteiger partial charge on any atom is 0.169 e. The molecule has 0 N–H and O–H groups in total. The minimum atomic E-state index is 0.135. The van der Waals surface area contributed by atoms with Gasteiger partial charge >= 0.3 is 0 Å². The van der Waals surface area contributed by atoms with E-state index in [1.807, 2.05) is 35.7 Å². The zero-order chi connectivity index (χ0) is 11.5. The van der Waals surface area contributed by atoms with E-state index in [1.54, 1.807) is 11.3 Å². The van der Waals surface area contributed by atoms with Crippen LogP contribution in [0.4, 0.5) is 0 Å². The molecule has 0 spiro atoms. The summed E-state index contributed by atoms with van der Waals surface area (Å²) in [6, 6.07) is 9.47. The lowest BCUT2D eigenvalue weighted by Gasteiger charge is -2.02. The van der Waals surface area contributed by atoms with Crippen LogP contribution in [0.1, 0.15) is 15.2 Å². The third-order valence-corrected chi connectivity index (χ3v) is 4.80. The van der Waals surface area contributed by atoms with Gasteiger partial charge in [-0.1, -0.05) is 34.1 Å². The smallest absolute Gasteiger partial charge is 0.169 e. The average molecular weight is 360 g/mol. The molecule has 82 valence electrons. The normalized spacial score (nSPS) is 10.4. The molecule has 0 radical (unpaired) electrons. The molecule has 0 amide bonds. The van der Waals surface area contributed by atoms with Crippen LogP contribution < -0.4 is 0 Å². The molecule has 0 aliphatic rings. The van der Waals surface area contributed by atoms with Gasteiger partial charge in [-0.3, -0.25) is 4.79 Å². The quantitative estimate of drug-likeness (QED) is 0.726. The van der Waals surface area contributed by atoms with Crippen molar-refractivity contribution in [2.24, 2.45) is 0 Å². The number of hydrogen-bond donors (Lipinski definition) is 0. The van der Waals surface area contributed by atoms with E-state index in [0.717, 1.165) is 19.4 Å². The molecule has 0 atom stereocenters. The number of Topliss-reactive ketones (excluding diaryl/α,β-unsaturated/α-hetero) is 1. The first-order valence-corrected chi connectivity index (χ1v) is 7.14. The van der Waals surface area contributed by atoms with E-state index < -0.39 is 0 Å². The summed E-state index contributed by atoms with van der Waals surface area (Å²) < 4.78 is 1.87. The third kappa shape index (κ3) is 2.62. The number of rotatable bonds is 3. The molecule has 2 rings (SSSR count). The monoisotopic (exact) mass is 358 g/mol. The van der Waals surface area contributed by atoms with Crippen molar-refractivity contribution in [3.05, 3.63) is 55.1 Å². The Hall–Kier alpha value is -0.450. The van der Waals surface area contributed by atoms with Crippen molar-refractivity contribution in [2.75, 3.05) is 0 Å². The Morgan fingerprint density at radius 1 is 1.12 bits per heavy atom. The predicted molar refractivity (Wildman–Crippen MR) is 74.2 cm³/mol. The van der Waals surface area contributed by atoms with Crippen molar-refractivity contribution in [1.29, 1.82) is 0 Å². The fourth-order valence-corrected chi connectivity index (χ4v) is 3.38. The van der Waals surface area contributed by atoms with Crippen LogP contribution in [0.2, 0.25) is 0 Å². The molecule has 1 heterocycles. The summed E-state index contributed by atoms with van der Waals surface area (Å²) in [5, 5.41) is 1.98. The molecule has 0 bridgehead atoms. The van der Waals surface area contributed by atoms with Crippen LogP contribution in [0, 0.1) is 0 Å². The van der Waals surface area contributed by atoms with Crippen LogP contribution in [0.25, 0.3) is 0 Å². The van der Waals surface area contributed by atoms with Crippen LogP contribution in [0.5, 0.6) is 0 Å². The molecule has 0 saturated heterocycles. The Labute approximate surface area is 115 Å². The van der Waals surface area contributed by atoms with E-state index in [-0.39, 0.29) is 5.78 Å². The molecule has 0 saturated carbocycles. The van der Waals surface area contributed by atoms with Crippen LogP contribution >= 0.6 is 43.2 Å². The SMILES string of the molecule is O=C(Cc1sccc1Br)c1ccccc1Br. The molecular formula is C12H8Br2OS. The molecule has 4 heteroatoms. The van der Waals surface area contributed by atoms with E-state index in [2.05, 4.69) is 31.9 Å². The van der Waals surface area contributed by atoms with Crippen molar-refractivity contribution < 1.29 is 4.79 Å². The van der Waals surface area contributed by atoms with Gasteiger partial charge in [-0.25, -0.2) is 0 Å². The summed E-state index contributed by atoms with van der Waals surface area (Å²) in [4.78, 5) is 13.1. The Balaban J connectivity index is 2.22. The third-order valence-electron chi connectivity index (χ3n) is 2.19. The van der Waals surface area contributed by atoms with Gasteiger partial charge in [0.15, 0.2) is 5.78 Å². The van der Waals surface area contributed by atoms with E-state index in [9.17, 15) is 4.79 Å². The first-order chi connectivity index (χ1) is 7.68. The summed E-state index contributed by atoms with van der Waals surface area (Å²) in [7, 11) is 0. The van der Waals surface area contributed by atoms with Crippen LogP contribution in [0.15, 0.2) is 44.7 Å². The molecule has 16 heavy (non-hydrogen) atoms. The molecule has 1 aromatic heterocycles. The first-order valence-electron chi connectivity index (χ1n) is 4.68. The van der Waals surface area contributed by atoms with E-state index in [4.69, 9.17) is 0 Å². The molecule has 2 aromatic rings. The molecule has 0 aliphatic carbocycles. The van der Waals surface area contributed by atoms with Gasteiger partial charge in [0.1, 0.15) is 0 Å². The largest absolute Gasteiger partial charge is 0.294 e. The second-order valence-electron chi connectivity index (χ2n) is 3.27. The zero-order valence-corrected chi connectivity index (χ0v) is 12.2. The maximum absolute atomic E-state index is 12.0. The fourth-order valence-electron chi connectivity index (χ4n) is 1.38. The minimum absolute atomic E-state index is 0.135. The van der Waals surface area contributed by atoms with E-state index in [1.165, 1.54) is 0 Å². The minimum Gasteiger partial charge on any atom is -0.294 e. The van der Waals surface area contributed by atoms with Crippen LogP contribution in [-0.2, 0) is 6.42 Å². The molecular weight excluding hydrogens is 352 g/mol. The van der Waals surface area contributed by atoms with Gasteiger partial charge < -0.3 is 0 Å². The number of carbonyl (C=O) groups excluding carboxylic acids is 1. The number of halogens is 2. The summed E-state index contributed by atoms with van der Waals surface area (Å²) in [5.41, 5.74) is 0.739. The molecule has 1 aromatic carbocycles. The highest BCUT2D eigenvalue weighted by Crippen LogP contribution is 2.25. The number of ketones is 1. The second-order valence-corrected chi connectivity index (χ2v) is 5.98. The lowest BCUT2D eigenvalue weighted by atomic mass is 10.1. The highest BCUT2D eigenvalue weighted by atomic mass is 79.9. The fraction of sp³-hybridized carbons (Fsp3) is 0.0833. The summed E-state index contributed by atoms with van der Waals surface area (Å²) in [6.45, 7) is 0. The van der Waals surface area contributed by atoms with Gasteiger partial charge in [0.25, 0.3) is 0 Å². The first kappa shape index (κ1) is 12.0. The van der Waals surface area contributed by atoms with E-state index in [0.29, 0.717) is 6.42 Å². The molecule has 1 nitrogen and oxygen atoms in total. The maximum atomic E-state index is 12.0. The number of thiophene rings is 1. The van der Waals surface area contributed by atoms with Gasteiger partial charge in [0, 0.05) is 25.8 Å². The Kier molecular flexibility index (Phi) is 3.95. The highest BCUT2D eigenvalue weighted by Gasteiger charge is 2.12. The number of carbonyl (C=O) groups is 1. The Morgan fingerprint density at radius 2 is 1.88 bits per heavy atom. The summed E-state index contributed by atoms with van der Waals surface area (Å²) in [6.07, 6.45) is 0.445. The Bertz CT molecular complexity index is 519. The average Bonchev–Trinajstić information content (AvgIpc) is 2.65. The zero-order valence-electron chi connectivity index (χ0n) is 8.24. The molecule has 0 aliphatic heterocycles. The standard InChI is InChI=1S/C12H8Br2OS/c13-9-4-2-1-3-8(9)11(15)7-12-10(14)5-6-16-12/h1-6H,7H2. The van der Waals surface area contributed by atoms with Gasteiger partial charge in [-0.15, -0.1) is 11.3 Å². The van der Waals surface area contributed by atoms with Gasteiger partial charge in [-0.05, 0) is 33.4 Å². The second kappa shape index (κ2) is 5.25. The van der Waals surface area contributed by atoms with Crippen molar-refractivity contribution in [3.8, 4) is 0 Å². The molecule has 0 fully saturated rings. The topological polar surface area (TPSA) is 17.1 Å². The lowest BCUT2D eigenvalue weighted by Crippen LogP contribution is -2.03. The number of hydrogen-bond acceptors (Lipinski definition) is 2. The predicted octanol–water partition coefficient (Wildman–Crippen LogP) is 4.70. The van der Waals surface area contributed by atoms with Crippen LogP contribution in [-0.4, -0.2) is 5.78 Å². The molecule has 0 unspecified atom stereocenters. The lowest BCUT2D eigenvalue weighted by molar-refractivity contribution is 0.0993. The van der Waals surface area contributed by atoms with Gasteiger partial charge in [0.05, 0.1) is 0 Å². The highest BCUT2D eigenvalue weighted by molar-refractivity contribution is 9.10. The summed E-state index contributed by atoms with van der Waals surface area (Å²) >= 11 is 8.42. The van der Waals surface area contributed by atoms with Crippen LogP contribution in [0.3, 0.4) is 0 Å². The van der Waals surface area contributed by atoms with Gasteiger partial charge in [-0.2, -0.15) is 0 Å². The van der Waals surface area contributed by atoms with Crippen molar-refractivity contribution in [2.45, 2.75) is 6.42 Å². The number of benzene rings is 1. The van der Waals surface area contributed by atoms with Crippen molar-refractivity contribution in [3.63, 3.8) is 0 Å². The van der Waals surface area contributed by atoms with Crippen molar-refractivity contribution in [1.82, 2.24) is 0 Å². The summed E-state index contributed by atoms with van der Waals surface area (Å²) in [5.74, 6) is 0.135. The van der Waals surface area contributed by atoms with E-state index >= 15 is 0 Å².